The lowest BCUT2D eigenvalue weighted by Gasteiger charge is -2.56. The fourth-order valence-electron chi connectivity index (χ4n) is 4.44. The Kier molecular flexibility index (Phi) is 4.22. The first-order valence-electron chi connectivity index (χ1n) is 8.72. The standard InChI is InChI=1S/C19H24N2O2S/c1-20(13-16-3-2-11-23-16)17-4-6-19(17)7-9-21(10-8-19)18(22)15-5-12-24-14-15/h2-3,5,11-12,14,17H,4,6-10,13H2,1H3/t17-/m1/s1. The number of rotatable bonds is 4. The van der Waals surface area contributed by atoms with Gasteiger partial charge in [-0.25, -0.2) is 0 Å². The zero-order chi connectivity index (χ0) is 16.6. The Morgan fingerprint density at radius 3 is 2.79 bits per heavy atom. The van der Waals surface area contributed by atoms with Gasteiger partial charge in [0.25, 0.3) is 5.91 Å². The molecule has 1 saturated heterocycles. The molecular formula is C19H24N2O2S. The van der Waals surface area contributed by atoms with Gasteiger partial charge in [0, 0.05) is 24.5 Å². The fraction of sp³-hybridized carbons (Fsp3) is 0.526. The molecule has 1 amide bonds. The van der Waals surface area contributed by atoms with Gasteiger partial charge >= 0.3 is 0 Å². The van der Waals surface area contributed by atoms with Crippen LogP contribution < -0.4 is 0 Å². The summed E-state index contributed by atoms with van der Waals surface area (Å²) in [6.07, 6.45) is 6.54. The first-order chi connectivity index (χ1) is 11.7. The quantitative estimate of drug-likeness (QED) is 0.845. The van der Waals surface area contributed by atoms with Crippen LogP contribution in [0.25, 0.3) is 0 Å². The second-order valence-electron chi connectivity index (χ2n) is 7.22. The lowest BCUT2D eigenvalue weighted by atomic mass is 9.58. The van der Waals surface area contributed by atoms with Crippen LogP contribution in [0.15, 0.2) is 39.6 Å². The molecular weight excluding hydrogens is 320 g/mol. The largest absolute Gasteiger partial charge is 0.468 e. The second-order valence-corrected chi connectivity index (χ2v) is 8.00. The van der Waals surface area contributed by atoms with E-state index in [4.69, 9.17) is 4.42 Å². The van der Waals surface area contributed by atoms with Crippen molar-refractivity contribution in [3.05, 3.63) is 46.5 Å². The minimum Gasteiger partial charge on any atom is -0.468 e. The molecule has 0 radical (unpaired) electrons. The maximum absolute atomic E-state index is 12.5. The summed E-state index contributed by atoms with van der Waals surface area (Å²) in [5.74, 6) is 1.23. The Labute approximate surface area is 147 Å². The Balaban J connectivity index is 1.36. The van der Waals surface area contributed by atoms with Gasteiger partial charge in [-0.05, 0) is 61.7 Å². The number of thiophene rings is 1. The number of nitrogens with zero attached hydrogens (tertiary/aromatic N) is 2. The van der Waals surface area contributed by atoms with Crippen molar-refractivity contribution in [2.24, 2.45) is 5.41 Å². The average molecular weight is 344 g/mol. The van der Waals surface area contributed by atoms with E-state index in [1.807, 2.05) is 33.9 Å². The number of piperidine rings is 1. The topological polar surface area (TPSA) is 36.7 Å². The van der Waals surface area contributed by atoms with Crippen molar-refractivity contribution >= 4 is 17.2 Å². The average Bonchev–Trinajstić information content (AvgIpc) is 3.26. The van der Waals surface area contributed by atoms with Crippen LogP contribution >= 0.6 is 11.3 Å². The monoisotopic (exact) mass is 344 g/mol. The Morgan fingerprint density at radius 2 is 2.21 bits per heavy atom. The Morgan fingerprint density at radius 1 is 1.38 bits per heavy atom. The highest BCUT2D eigenvalue weighted by Crippen LogP contribution is 2.51. The summed E-state index contributed by atoms with van der Waals surface area (Å²) >= 11 is 1.59. The third-order valence-electron chi connectivity index (χ3n) is 5.95. The molecule has 2 aromatic heterocycles. The molecule has 1 atom stereocenters. The third-order valence-corrected chi connectivity index (χ3v) is 6.64. The summed E-state index contributed by atoms with van der Waals surface area (Å²) in [5.41, 5.74) is 1.24. The molecule has 0 bridgehead atoms. The predicted molar refractivity (Wildman–Crippen MR) is 95.1 cm³/mol. The highest BCUT2D eigenvalue weighted by molar-refractivity contribution is 7.08. The van der Waals surface area contributed by atoms with E-state index in [1.165, 1.54) is 12.8 Å². The minimum absolute atomic E-state index is 0.200. The van der Waals surface area contributed by atoms with E-state index in [2.05, 4.69) is 11.9 Å². The number of amides is 1. The van der Waals surface area contributed by atoms with Crippen molar-refractivity contribution in [2.45, 2.75) is 38.3 Å². The number of hydrogen-bond donors (Lipinski definition) is 0. The van der Waals surface area contributed by atoms with E-state index >= 15 is 0 Å². The van der Waals surface area contributed by atoms with Gasteiger partial charge in [0.2, 0.25) is 0 Å². The van der Waals surface area contributed by atoms with Gasteiger partial charge in [0.15, 0.2) is 0 Å². The third kappa shape index (κ3) is 2.80. The summed E-state index contributed by atoms with van der Waals surface area (Å²) in [6, 6.07) is 6.54. The van der Waals surface area contributed by atoms with Crippen molar-refractivity contribution in [3.63, 3.8) is 0 Å². The van der Waals surface area contributed by atoms with Crippen LogP contribution in [0.4, 0.5) is 0 Å². The van der Waals surface area contributed by atoms with Gasteiger partial charge in [-0.3, -0.25) is 9.69 Å². The van der Waals surface area contributed by atoms with Crippen LogP contribution in [-0.2, 0) is 6.54 Å². The van der Waals surface area contributed by atoms with E-state index in [9.17, 15) is 4.79 Å². The van der Waals surface area contributed by atoms with Gasteiger partial charge in [-0.1, -0.05) is 0 Å². The van der Waals surface area contributed by atoms with Crippen LogP contribution in [0.1, 0.15) is 41.8 Å². The van der Waals surface area contributed by atoms with E-state index in [-0.39, 0.29) is 5.91 Å². The molecule has 4 rings (SSSR count). The van der Waals surface area contributed by atoms with Crippen molar-refractivity contribution in [1.82, 2.24) is 9.80 Å². The highest BCUT2D eigenvalue weighted by Gasteiger charge is 2.50. The molecule has 5 heteroatoms. The van der Waals surface area contributed by atoms with Crippen molar-refractivity contribution in [3.8, 4) is 0 Å². The molecule has 128 valence electrons. The van der Waals surface area contributed by atoms with Gasteiger partial charge in [-0.2, -0.15) is 11.3 Å². The number of carbonyl (C=O) groups excluding carboxylic acids is 1. The Bertz CT molecular complexity index is 672. The molecule has 0 aromatic carbocycles. The summed E-state index contributed by atoms with van der Waals surface area (Å²) in [4.78, 5) is 17.0. The summed E-state index contributed by atoms with van der Waals surface area (Å²) < 4.78 is 5.49. The molecule has 1 saturated carbocycles. The molecule has 1 spiro atoms. The van der Waals surface area contributed by atoms with Crippen molar-refractivity contribution < 1.29 is 9.21 Å². The zero-order valence-electron chi connectivity index (χ0n) is 14.1. The maximum Gasteiger partial charge on any atom is 0.254 e. The molecule has 0 unspecified atom stereocenters. The first-order valence-corrected chi connectivity index (χ1v) is 9.66. The smallest absolute Gasteiger partial charge is 0.254 e. The van der Waals surface area contributed by atoms with E-state index in [0.29, 0.717) is 11.5 Å². The predicted octanol–water partition coefficient (Wildman–Crippen LogP) is 3.86. The van der Waals surface area contributed by atoms with Crippen LogP contribution in [0.2, 0.25) is 0 Å². The van der Waals surface area contributed by atoms with E-state index < -0.39 is 0 Å². The Hall–Kier alpha value is -1.59. The molecule has 0 N–H and O–H groups in total. The van der Waals surface area contributed by atoms with E-state index in [0.717, 1.165) is 43.8 Å². The van der Waals surface area contributed by atoms with Crippen LogP contribution in [0, 0.1) is 5.41 Å². The number of hydrogen-bond acceptors (Lipinski definition) is 4. The minimum atomic E-state index is 0.200. The summed E-state index contributed by atoms with van der Waals surface area (Å²) in [5, 5.41) is 3.93. The van der Waals surface area contributed by atoms with Crippen LogP contribution in [-0.4, -0.2) is 41.9 Å². The lowest BCUT2D eigenvalue weighted by molar-refractivity contribution is -0.0590. The van der Waals surface area contributed by atoms with Gasteiger partial charge in [-0.15, -0.1) is 0 Å². The van der Waals surface area contributed by atoms with Gasteiger partial charge in [0.05, 0.1) is 18.4 Å². The molecule has 24 heavy (non-hydrogen) atoms. The van der Waals surface area contributed by atoms with Gasteiger partial charge < -0.3 is 9.32 Å². The molecule has 3 heterocycles. The van der Waals surface area contributed by atoms with Crippen LogP contribution in [0.3, 0.4) is 0 Å². The highest BCUT2D eigenvalue weighted by atomic mass is 32.1. The lowest BCUT2D eigenvalue weighted by Crippen LogP contribution is -2.58. The molecule has 2 aliphatic rings. The second kappa shape index (κ2) is 6.37. The van der Waals surface area contributed by atoms with Crippen LogP contribution in [0.5, 0.6) is 0 Å². The van der Waals surface area contributed by atoms with Crippen molar-refractivity contribution in [2.75, 3.05) is 20.1 Å². The maximum atomic E-state index is 12.5. The molecule has 1 aliphatic carbocycles. The normalized spacial score (nSPS) is 22.8. The SMILES string of the molecule is CN(Cc1ccco1)[C@@H]1CCC12CCN(C(=O)c1ccsc1)CC2. The molecule has 2 fully saturated rings. The van der Waals surface area contributed by atoms with Crippen molar-refractivity contribution in [1.29, 1.82) is 0 Å². The molecule has 1 aliphatic heterocycles. The summed E-state index contributed by atoms with van der Waals surface area (Å²) in [7, 11) is 2.21. The van der Waals surface area contributed by atoms with E-state index in [1.54, 1.807) is 17.6 Å². The zero-order valence-corrected chi connectivity index (χ0v) is 14.9. The first kappa shape index (κ1) is 15.9. The molecule has 4 nitrogen and oxygen atoms in total. The number of carbonyl (C=O) groups is 1. The van der Waals surface area contributed by atoms with Gasteiger partial charge in [0.1, 0.15) is 5.76 Å². The fourth-order valence-corrected chi connectivity index (χ4v) is 5.06. The number of likely N-dealkylation sites (tertiary alicyclic amines) is 1. The summed E-state index contributed by atoms with van der Waals surface area (Å²) in [6.45, 7) is 2.65. The molecule has 2 aromatic rings. The number of furan rings is 1.